The Morgan fingerprint density at radius 1 is 0.864 bits per heavy atom. The number of aliphatic hydroxyl groups excluding tert-OH is 1. The Morgan fingerprint density at radius 3 is 2.33 bits per heavy atom. The normalized spacial score (nSPS) is 24.6. The summed E-state index contributed by atoms with van der Waals surface area (Å²) in [4.78, 5) is 64.3. The van der Waals surface area contributed by atoms with Crippen LogP contribution in [0.25, 0.3) is 11.3 Å². The highest BCUT2D eigenvalue weighted by Gasteiger charge is 2.42. The lowest BCUT2D eigenvalue weighted by Crippen LogP contribution is -2.52. The molecule has 3 atom stereocenters. The quantitative estimate of drug-likeness (QED) is 0.258. The number of piperazine rings is 1. The number of hydrogen-bond donors (Lipinski definition) is 3. The van der Waals surface area contributed by atoms with Crippen molar-refractivity contribution in [3.8, 4) is 5.69 Å². The van der Waals surface area contributed by atoms with E-state index in [-0.39, 0.29) is 30.5 Å². The Morgan fingerprint density at radius 2 is 1.62 bits per heavy atom. The number of imide groups is 1. The highest BCUT2D eigenvalue weighted by Crippen LogP contribution is 2.39. The zero-order valence-electron chi connectivity index (χ0n) is 37.3. The van der Waals surface area contributed by atoms with Crippen LogP contribution < -0.4 is 21.3 Å². The molecule has 4 saturated heterocycles. The van der Waals surface area contributed by atoms with Gasteiger partial charge in [0.15, 0.2) is 5.84 Å². The Bertz CT molecular complexity index is 2480. The first-order valence-corrected chi connectivity index (χ1v) is 23.4. The third-order valence-corrected chi connectivity index (χ3v) is 15.0. The number of rotatable bonds is 10. The summed E-state index contributed by atoms with van der Waals surface area (Å²) in [7, 11) is 1.78. The first-order chi connectivity index (χ1) is 31.8. The lowest BCUT2D eigenvalue weighted by atomic mass is 9.92. The fraction of sp³-hybridized carbons (Fsp3) is 0.553. The van der Waals surface area contributed by atoms with E-state index in [2.05, 4.69) is 41.5 Å². The van der Waals surface area contributed by atoms with Gasteiger partial charge in [0.1, 0.15) is 18.8 Å². The molecule has 19 heteroatoms. The SMILES string of the molecule is CN1CNN=C1[C@H](O)c1cccc(-n2cc3n(c2=O)CC(CN2CCC(N4CCC(CN5CCN(c6ccc7c(c6)CN(C6CCC(=O)NC6=O)C7=O)CC5)CC4)CC2)C=C3C(F)(F)F)c1. The van der Waals surface area contributed by atoms with Crippen LogP contribution in [0.5, 0.6) is 0 Å². The molecule has 8 heterocycles. The molecule has 0 spiro atoms. The Hall–Kier alpha value is -5.50. The largest absolute Gasteiger partial charge is 0.418 e. The number of piperidine rings is 3. The lowest BCUT2D eigenvalue weighted by molar-refractivity contribution is -0.136. The summed E-state index contributed by atoms with van der Waals surface area (Å²) >= 11 is 0. The Labute approximate surface area is 381 Å². The van der Waals surface area contributed by atoms with Crippen molar-refractivity contribution in [3.05, 3.63) is 87.6 Å². The standard InChI is InChI=1S/C47H58F3N11O5/c1-54-29-51-53-43(54)42(63)32-3-2-4-36(22-32)59-28-40-38(47(48,49)50)21-31(26-61(40)46(59)66)25-55-13-11-34(12-14-55)57-15-9-30(10-16-57)24-56-17-19-58(20-18-56)35-5-6-37-33(23-35)27-60(45(37)65)39-7-8-41(62)52-44(39)64/h2-6,21-23,28,30-31,34,39,42,51,63H,7-20,24-27,29H2,1H3,(H,52,62,64)/t31?,39?,42-/m1/s1. The van der Waals surface area contributed by atoms with Crippen LogP contribution >= 0.6 is 0 Å². The molecule has 10 rings (SSSR count). The van der Waals surface area contributed by atoms with Gasteiger partial charge in [-0.1, -0.05) is 18.2 Å². The van der Waals surface area contributed by atoms with Crippen LogP contribution in [0.4, 0.5) is 18.9 Å². The molecule has 3 aromatic rings. The van der Waals surface area contributed by atoms with Crippen molar-refractivity contribution in [2.75, 3.05) is 84.1 Å². The Balaban J connectivity index is 0.683. The molecular weight excluding hydrogens is 856 g/mol. The number of hydrogen-bond acceptors (Lipinski definition) is 12. The number of nitrogens with one attached hydrogen (secondary N) is 2. The number of carbonyl (C=O) groups is 3. The number of carbonyl (C=O) groups excluding carboxylic acids is 3. The minimum Gasteiger partial charge on any atom is -0.380 e. The second-order valence-electron chi connectivity index (χ2n) is 19.1. The third-order valence-electron chi connectivity index (χ3n) is 15.0. The van der Waals surface area contributed by atoms with Crippen molar-refractivity contribution < 1.29 is 32.7 Å². The number of halogens is 3. The fourth-order valence-corrected chi connectivity index (χ4v) is 11.3. The minimum absolute atomic E-state index is 0.152. The zero-order valence-corrected chi connectivity index (χ0v) is 37.3. The van der Waals surface area contributed by atoms with Crippen molar-refractivity contribution in [1.29, 1.82) is 0 Å². The third kappa shape index (κ3) is 8.77. The molecule has 66 heavy (non-hydrogen) atoms. The fourth-order valence-electron chi connectivity index (χ4n) is 11.3. The number of allylic oxidation sites excluding steroid dienone is 1. The first-order valence-electron chi connectivity index (χ1n) is 23.4. The molecule has 352 valence electrons. The number of likely N-dealkylation sites (tertiary alicyclic amines) is 2. The summed E-state index contributed by atoms with van der Waals surface area (Å²) in [5, 5.41) is 17.5. The molecule has 1 aromatic heterocycles. The van der Waals surface area contributed by atoms with Crippen LogP contribution in [-0.4, -0.2) is 160 Å². The van der Waals surface area contributed by atoms with Gasteiger partial charge in [0, 0.05) is 95.2 Å². The summed E-state index contributed by atoms with van der Waals surface area (Å²) in [5.41, 5.74) is 4.80. The monoisotopic (exact) mass is 913 g/mol. The van der Waals surface area contributed by atoms with Gasteiger partial charge in [-0.3, -0.25) is 39.2 Å². The lowest BCUT2D eigenvalue weighted by Gasteiger charge is -2.44. The molecule has 3 N–H and O–H groups in total. The summed E-state index contributed by atoms with van der Waals surface area (Å²) in [5.74, 6) is -0.290. The summed E-state index contributed by atoms with van der Waals surface area (Å²) < 4.78 is 46.3. The van der Waals surface area contributed by atoms with E-state index < -0.39 is 41.4 Å². The van der Waals surface area contributed by atoms with Crippen molar-refractivity contribution in [2.45, 2.75) is 76.0 Å². The van der Waals surface area contributed by atoms with Gasteiger partial charge in [-0.05, 0) is 106 Å². The van der Waals surface area contributed by atoms with Gasteiger partial charge in [-0.15, -0.1) is 0 Å². The maximum atomic E-state index is 14.6. The molecular formula is C47H58F3N11O5. The number of amides is 3. The van der Waals surface area contributed by atoms with E-state index in [0.717, 1.165) is 95.8 Å². The molecule has 0 radical (unpaired) electrons. The van der Waals surface area contributed by atoms with Crippen molar-refractivity contribution in [1.82, 2.24) is 44.4 Å². The molecule has 4 fully saturated rings. The highest BCUT2D eigenvalue weighted by molar-refractivity contribution is 6.05. The average Bonchev–Trinajstić information content (AvgIpc) is 4.00. The maximum Gasteiger partial charge on any atom is 0.418 e. The van der Waals surface area contributed by atoms with E-state index in [0.29, 0.717) is 60.8 Å². The van der Waals surface area contributed by atoms with Crippen molar-refractivity contribution in [2.24, 2.45) is 16.9 Å². The van der Waals surface area contributed by atoms with E-state index in [1.807, 2.05) is 12.1 Å². The number of nitrogens with zero attached hydrogens (tertiary/aromatic N) is 9. The van der Waals surface area contributed by atoms with E-state index in [4.69, 9.17) is 0 Å². The van der Waals surface area contributed by atoms with Crippen LogP contribution in [0.15, 0.2) is 64.6 Å². The molecule has 0 aliphatic carbocycles. The molecule has 0 bridgehead atoms. The van der Waals surface area contributed by atoms with Crippen LogP contribution in [0, 0.1) is 11.8 Å². The van der Waals surface area contributed by atoms with Crippen LogP contribution in [0.3, 0.4) is 0 Å². The molecule has 0 saturated carbocycles. The number of likely N-dealkylation sites (N-methyl/N-ethyl adjacent to an activating group) is 1. The number of imidazole rings is 1. The molecule has 16 nitrogen and oxygen atoms in total. The van der Waals surface area contributed by atoms with E-state index in [1.165, 1.54) is 21.4 Å². The number of amidine groups is 1. The van der Waals surface area contributed by atoms with Gasteiger partial charge >= 0.3 is 11.9 Å². The number of aromatic nitrogens is 2. The van der Waals surface area contributed by atoms with Gasteiger partial charge in [-0.2, -0.15) is 18.3 Å². The number of aliphatic hydroxyl groups is 1. The number of fused-ring (bicyclic) bond motifs is 2. The summed E-state index contributed by atoms with van der Waals surface area (Å²) in [6.45, 7) is 9.90. The van der Waals surface area contributed by atoms with Crippen LogP contribution in [0.1, 0.15) is 71.8 Å². The zero-order chi connectivity index (χ0) is 45.9. The topological polar surface area (TPSA) is 154 Å². The van der Waals surface area contributed by atoms with Gasteiger partial charge in [0.2, 0.25) is 11.8 Å². The van der Waals surface area contributed by atoms with Gasteiger partial charge in [0.05, 0.1) is 17.0 Å². The summed E-state index contributed by atoms with van der Waals surface area (Å²) in [6, 6.07) is 12.4. The smallest absolute Gasteiger partial charge is 0.380 e. The van der Waals surface area contributed by atoms with E-state index >= 15 is 0 Å². The number of anilines is 1. The predicted octanol–water partition coefficient (Wildman–Crippen LogP) is 2.81. The molecule has 3 amide bonds. The predicted molar refractivity (Wildman–Crippen MR) is 241 cm³/mol. The van der Waals surface area contributed by atoms with E-state index in [9.17, 15) is 37.5 Å². The average molecular weight is 914 g/mol. The first kappa shape index (κ1) is 44.3. The van der Waals surface area contributed by atoms with Crippen LogP contribution in [-0.2, 0) is 22.7 Å². The number of hydrazone groups is 1. The van der Waals surface area contributed by atoms with Gasteiger partial charge in [-0.25, -0.2) is 4.79 Å². The molecule has 2 unspecified atom stereocenters. The second kappa shape index (κ2) is 18.0. The van der Waals surface area contributed by atoms with Gasteiger partial charge < -0.3 is 29.6 Å². The Kier molecular flexibility index (Phi) is 12.1. The molecule has 7 aliphatic rings. The molecule has 7 aliphatic heterocycles. The number of benzene rings is 2. The van der Waals surface area contributed by atoms with Crippen LogP contribution in [0.2, 0.25) is 0 Å². The van der Waals surface area contributed by atoms with Gasteiger partial charge in [0.25, 0.3) is 5.91 Å². The summed E-state index contributed by atoms with van der Waals surface area (Å²) in [6.07, 6.45) is 1.66. The van der Waals surface area contributed by atoms with Crippen molar-refractivity contribution >= 4 is 34.8 Å². The highest BCUT2D eigenvalue weighted by atomic mass is 19.4. The minimum atomic E-state index is -4.64. The molecule has 2 aromatic carbocycles. The van der Waals surface area contributed by atoms with E-state index in [1.54, 1.807) is 41.1 Å². The maximum absolute atomic E-state index is 14.6. The second-order valence-corrected chi connectivity index (χ2v) is 19.1. The number of alkyl halides is 3. The van der Waals surface area contributed by atoms with Crippen molar-refractivity contribution in [3.63, 3.8) is 0 Å².